The lowest BCUT2D eigenvalue weighted by Crippen LogP contribution is -2.13. The van der Waals surface area contributed by atoms with E-state index in [1.54, 1.807) is 0 Å². The van der Waals surface area contributed by atoms with Crippen LogP contribution in [0.2, 0.25) is 15.1 Å². The van der Waals surface area contributed by atoms with Gasteiger partial charge in [0, 0.05) is 12.1 Å². The van der Waals surface area contributed by atoms with Crippen molar-refractivity contribution < 1.29 is 19.1 Å². The Morgan fingerprint density at radius 3 is 1.79 bits per heavy atom. The van der Waals surface area contributed by atoms with E-state index in [2.05, 4.69) is 6.92 Å². The van der Waals surface area contributed by atoms with Gasteiger partial charge in [-0.05, 0) is 6.42 Å². The smallest absolute Gasteiger partial charge is 0.311 e. The van der Waals surface area contributed by atoms with Crippen molar-refractivity contribution in [1.82, 2.24) is 0 Å². The Kier molecular flexibility index (Phi) is 14.2. The van der Waals surface area contributed by atoms with Crippen LogP contribution >= 0.6 is 34.8 Å². The van der Waals surface area contributed by atoms with Crippen molar-refractivity contribution in [2.24, 2.45) is 0 Å². The molecule has 0 spiro atoms. The van der Waals surface area contributed by atoms with Crippen molar-refractivity contribution in [3.63, 3.8) is 0 Å². The minimum Gasteiger partial charge on any atom is -0.466 e. The highest BCUT2D eigenvalue weighted by molar-refractivity contribution is 6.48. The Morgan fingerprint density at radius 2 is 1.24 bits per heavy atom. The third kappa shape index (κ3) is 12.3. The molecule has 0 fully saturated rings. The zero-order chi connectivity index (χ0) is 21.5. The van der Waals surface area contributed by atoms with E-state index < -0.39 is 11.9 Å². The monoisotopic (exact) mass is 464 g/mol. The van der Waals surface area contributed by atoms with Crippen LogP contribution in [-0.2, 0) is 14.3 Å². The summed E-state index contributed by atoms with van der Waals surface area (Å²) >= 11 is 17.6. The number of esters is 2. The van der Waals surface area contributed by atoms with Crippen molar-refractivity contribution in [1.29, 1.82) is 0 Å². The van der Waals surface area contributed by atoms with Crippen LogP contribution < -0.4 is 4.74 Å². The molecule has 1 aromatic rings. The molecule has 1 aromatic carbocycles. The van der Waals surface area contributed by atoms with Crippen LogP contribution in [0.25, 0.3) is 0 Å². The van der Waals surface area contributed by atoms with E-state index in [-0.39, 0.29) is 33.7 Å². The lowest BCUT2D eigenvalue weighted by Gasteiger charge is -2.07. The quantitative estimate of drug-likeness (QED) is 0.115. The average molecular weight is 466 g/mol. The molecule has 0 saturated carbocycles. The van der Waals surface area contributed by atoms with Crippen LogP contribution in [0.1, 0.15) is 84.0 Å². The number of hydrogen-bond donors (Lipinski definition) is 0. The molecular formula is C22H31Cl3O4. The molecule has 0 amide bonds. The summed E-state index contributed by atoms with van der Waals surface area (Å²) in [6.07, 6.45) is 12.1. The summed E-state index contributed by atoms with van der Waals surface area (Å²) in [5.41, 5.74) is 0. The SMILES string of the molecule is CCCCCCCCCCCCOC(=O)CCC(=O)Oc1cc(Cl)c(Cl)c(Cl)c1. The molecule has 0 atom stereocenters. The summed E-state index contributed by atoms with van der Waals surface area (Å²) < 4.78 is 10.3. The van der Waals surface area contributed by atoms with E-state index in [1.165, 1.54) is 63.5 Å². The van der Waals surface area contributed by atoms with Crippen LogP contribution in [0, 0.1) is 0 Å². The maximum Gasteiger partial charge on any atom is 0.311 e. The number of halogens is 3. The van der Waals surface area contributed by atoms with E-state index >= 15 is 0 Å². The second kappa shape index (κ2) is 15.8. The molecule has 0 N–H and O–H groups in total. The van der Waals surface area contributed by atoms with Gasteiger partial charge in [0.2, 0.25) is 0 Å². The first kappa shape index (κ1) is 26.1. The summed E-state index contributed by atoms with van der Waals surface area (Å²) in [4.78, 5) is 23.6. The van der Waals surface area contributed by atoms with E-state index in [0.717, 1.165) is 12.8 Å². The highest BCUT2D eigenvalue weighted by Crippen LogP contribution is 2.34. The molecule has 0 radical (unpaired) electrons. The zero-order valence-corrected chi connectivity index (χ0v) is 19.4. The van der Waals surface area contributed by atoms with Gasteiger partial charge in [-0.2, -0.15) is 0 Å². The second-order valence-corrected chi connectivity index (χ2v) is 8.27. The third-order valence-electron chi connectivity index (χ3n) is 4.48. The van der Waals surface area contributed by atoms with Gasteiger partial charge in [0.15, 0.2) is 0 Å². The average Bonchev–Trinajstić information content (AvgIpc) is 2.68. The largest absolute Gasteiger partial charge is 0.466 e. The maximum atomic E-state index is 11.8. The minimum atomic E-state index is -0.560. The molecule has 7 heteroatoms. The second-order valence-electron chi connectivity index (χ2n) is 7.08. The van der Waals surface area contributed by atoms with E-state index in [0.29, 0.717) is 6.61 Å². The predicted molar refractivity (Wildman–Crippen MR) is 119 cm³/mol. The van der Waals surface area contributed by atoms with Crippen LogP contribution in [0.4, 0.5) is 0 Å². The summed E-state index contributed by atoms with van der Waals surface area (Å²) in [5, 5.41) is 0.583. The first-order valence-corrected chi connectivity index (χ1v) is 11.6. The fourth-order valence-corrected chi connectivity index (χ4v) is 3.40. The van der Waals surface area contributed by atoms with Gasteiger partial charge in [-0.1, -0.05) is 99.5 Å². The van der Waals surface area contributed by atoms with Crippen molar-refractivity contribution in [3.8, 4) is 5.75 Å². The number of rotatable bonds is 15. The van der Waals surface area contributed by atoms with Crippen LogP contribution in [0.5, 0.6) is 5.75 Å². The summed E-state index contributed by atoms with van der Waals surface area (Å²) in [7, 11) is 0. The number of carbonyl (C=O) groups is 2. The summed E-state index contributed by atoms with van der Waals surface area (Å²) in [6.45, 7) is 2.62. The molecule has 4 nitrogen and oxygen atoms in total. The zero-order valence-electron chi connectivity index (χ0n) is 17.1. The fraction of sp³-hybridized carbons (Fsp3) is 0.636. The summed E-state index contributed by atoms with van der Waals surface area (Å²) in [5.74, 6) is -0.770. The van der Waals surface area contributed by atoms with Crippen LogP contribution in [-0.4, -0.2) is 18.5 Å². The van der Waals surface area contributed by atoms with Crippen molar-refractivity contribution >= 4 is 46.7 Å². The molecule has 1 rings (SSSR count). The molecule has 0 saturated heterocycles. The number of carbonyl (C=O) groups excluding carboxylic acids is 2. The topological polar surface area (TPSA) is 52.6 Å². The highest BCUT2D eigenvalue weighted by atomic mass is 35.5. The third-order valence-corrected chi connectivity index (χ3v) is 5.68. The van der Waals surface area contributed by atoms with Gasteiger partial charge in [-0.15, -0.1) is 0 Å². The molecule has 164 valence electrons. The van der Waals surface area contributed by atoms with Gasteiger partial charge < -0.3 is 9.47 Å². The van der Waals surface area contributed by atoms with Gasteiger partial charge in [0.1, 0.15) is 5.75 Å². The maximum absolute atomic E-state index is 11.8. The van der Waals surface area contributed by atoms with Crippen molar-refractivity contribution in [3.05, 3.63) is 27.2 Å². The highest BCUT2D eigenvalue weighted by Gasteiger charge is 2.13. The van der Waals surface area contributed by atoms with Gasteiger partial charge in [0.05, 0.1) is 34.5 Å². The van der Waals surface area contributed by atoms with E-state index in [4.69, 9.17) is 44.3 Å². The van der Waals surface area contributed by atoms with Gasteiger partial charge >= 0.3 is 11.9 Å². The van der Waals surface area contributed by atoms with E-state index in [9.17, 15) is 9.59 Å². The van der Waals surface area contributed by atoms with E-state index in [1.807, 2.05) is 0 Å². The number of unbranched alkanes of at least 4 members (excludes halogenated alkanes) is 9. The Balaban J connectivity index is 2.04. The summed E-state index contributed by atoms with van der Waals surface area (Å²) in [6, 6.07) is 2.80. The molecule has 0 aliphatic rings. The molecule has 0 bridgehead atoms. The number of ether oxygens (including phenoxy) is 2. The number of benzene rings is 1. The molecule has 0 aliphatic carbocycles. The Hall–Kier alpha value is -0.970. The lowest BCUT2D eigenvalue weighted by molar-refractivity contribution is -0.147. The van der Waals surface area contributed by atoms with Crippen LogP contribution in [0.3, 0.4) is 0 Å². The molecular weight excluding hydrogens is 435 g/mol. The Morgan fingerprint density at radius 1 is 0.759 bits per heavy atom. The molecule has 0 aliphatic heterocycles. The van der Waals surface area contributed by atoms with Crippen molar-refractivity contribution in [2.75, 3.05) is 6.61 Å². The minimum absolute atomic E-state index is 0.0222. The van der Waals surface area contributed by atoms with Gasteiger partial charge in [0.25, 0.3) is 0 Å². The first-order chi connectivity index (χ1) is 13.9. The van der Waals surface area contributed by atoms with Crippen LogP contribution in [0.15, 0.2) is 12.1 Å². The predicted octanol–water partition coefficient (Wildman–Crippen LogP) is 7.80. The molecule has 0 aromatic heterocycles. The fourth-order valence-electron chi connectivity index (χ4n) is 2.83. The normalized spacial score (nSPS) is 10.8. The van der Waals surface area contributed by atoms with Gasteiger partial charge in [-0.3, -0.25) is 9.59 Å². The van der Waals surface area contributed by atoms with Crippen molar-refractivity contribution in [2.45, 2.75) is 84.0 Å². The number of hydrogen-bond acceptors (Lipinski definition) is 4. The molecule has 0 unspecified atom stereocenters. The Bertz CT molecular complexity index is 611. The standard InChI is InChI=1S/C22H31Cl3O4/c1-2-3-4-5-6-7-8-9-10-11-14-28-20(26)12-13-21(27)29-17-15-18(23)22(25)19(24)16-17/h15-16H,2-14H2,1H3. The molecule has 0 heterocycles. The molecule has 29 heavy (non-hydrogen) atoms. The lowest BCUT2D eigenvalue weighted by atomic mass is 10.1. The van der Waals surface area contributed by atoms with Gasteiger partial charge in [-0.25, -0.2) is 0 Å². The first-order valence-electron chi connectivity index (χ1n) is 10.4. The Labute approximate surface area is 189 Å².